The lowest BCUT2D eigenvalue weighted by Crippen LogP contribution is -2.05. The van der Waals surface area contributed by atoms with Crippen LogP contribution in [0, 0.1) is 11.3 Å². The number of esters is 1. The normalized spacial score (nSPS) is 13.9. The van der Waals surface area contributed by atoms with Gasteiger partial charge in [0.1, 0.15) is 11.6 Å². The maximum atomic E-state index is 14.1. The molecule has 3 aromatic carbocycles. The average Bonchev–Trinajstić information content (AvgIpc) is 2.89. The van der Waals surface area contributed by atoms with Crippen molar-refractivity contribution < 1.29 is 14.1 Å². The van der Waals surface area contributed by atoms with Crippen molar-refractivity contribution in [3.8, 4) is 6.07 Å². The predicted molar refractivity (Wildman–Crippen MR) is 148 cm³/mol. The molecule has 3 aromatic rings. The highest BCUT2D eigenvalue weighted by Crippen LogP contribution is 2.53. The third-order valence-electron chi connectivity index (χ3n) is 4.85. The van der Waals surface area contributed by atoms with Crippen LogP contribution in [0.1, 0.15) is 23.6 Å². The van der Waals surface area contributed by atoms with Gasteiger partial charge in [-0.25, -0.2) is 4.79 Å². The van der Waals surface area contributed by atoms with Gasteiger partial charge < -0.3 is 9.82 Å². The molecule has 1 unspecified atom stereocenters. The molecule has 5 nitrogen and oxygen atoms in total. The van der Waals surface area contributed by atoms with Gasteiger partial charge in [0.05, 0.1) is 16.7 Å². The highest BCUT2D eigenvalue weighted by molar-refractivity contribution is 7.72. The van der Waals surface area contributed by atoms with Crippen molar-refractivity contribution in [3.63, 3.8) is 0 Å². The van der Waals surface area contributed by atoms with Crippen LogP contribution in [0.2, 0.25) is 0 Å². The van der Waals surface area contributed by atoms with E-state index in [-0.39, 0.29) is 12.2 Å². The molecule has 0 saturated carbocycles. The number of anilines is 1. The first-order valence-corrected chi connectivity index (χ1v) is 13.6. The molecule has 8 heteroatoms. The number of hydrogen-bond donors (Lipinski definition) is 1. The molecule has 0 aliphatic carbocycles. The zero-order valence-corrected chi connectivity index (χ0v) is 21.8. The van der Waals surface area contributed by atoms with E-state index in [0.29, 0.717) is 32.4 Å². The van der Waals surface area contributed by atoms with E-state index in [4.69, 9.17) is 27.9 Å². The van der Waals surface area contributed by atoms with Gasteiger partial charge in [0.25, 0.3) is 0 Å². The van der Waals surface area contributed by atoms with Crippen LogP contribution in [0.3, 0.4) is 0 Å². The number of carbonyl (C=O) groups excluding carboxylic acids is 1. The molecule has 3 rings (SSSR count). The Labute approximate surface area is 220 Å². The summed E-state index contributed by atoms with van der Waals surface area (Å²) in [5.41, 5.74) is 2.46. The van der Waals surface area contributed by atoms with Crippen LogP contribution in [-0.4, -0.2) is 12.6 Å². The summed E-state index contributed by atoms with van der Waals surface area (Å²) >= 11 is 13.1. The van der Waals surface area contributed by atoms with Crippen LogP contribution in [0.4, 0.5) is 5.69 Å². The van der Waals surface area contributed by atoms with E-state index in [0.717, 1.165) is 0 Å². The summed E-state index contributed by atoms with van der Waals surface area (Å²) in [6.45, 7) is 1.84. The summed E-state index contributed by atoms with van der Waals surface area (Å²) in [7, 11) is -3.44. The molecule has 0 spiro atoms. The maximum Gasteiger partial charge on any atom is 0.348 e. The van der Waals surface area contributed by atoms with E-state index in [1.54, 1.807) is 31.2 Å². The Morgan fingerprint density at radius 2 is 1.42 bits per heavy atom. The molecule has 0 fully saturated rings. The van der Waals surface area contributed by atoms with Crippen molar-refractivity contribution >= 4 is 58.3 Å². The maximum absolute atomic E-state index is 14.1. The first kappa shape index (κ1) is 27.0. The Morgan fingerprint density at radius 3 is 1.86 bits per heavy atom. The Balaban J connectivity index is 1.95. The molecule has 0 aliphatic rings. The van der Waals surface area contributed by atoms with Crippen LogP contribution in [0.5, 0.6) is 0 Å². The monoisotopic (exact) mass is 536 g/mol. The number of hydrogen-bond acceptors (Lipinski definition) is 4. The van der Waals surface area contributed by atoms with Gasteiger partial charge in [-0.3, -0.25) is 4.57 Å². The molecule has 0 amide bonds. The molecule has 182 valence electrons. The van der Waals surface area contributed by atoms with Crippen molar-refractivity contribution in [2.45, 2.75) is 6.92 Å². The lowest BCUT2D eigenvalue weighted by Gasteiger charge is -2.16. The number of rotatable bonds is 9. The Hall–Kier alpha value is -3.55. The summed E-state index contributed by atoms with van der Waals surface area (Å²) in [6, 6.07) is 27.0. The molecule has 1 N–H and O–H groups in total. The molecule has 0 radical (unpaired) electrons. The third-order valence-corrected chi connectivity index (χ3v) is 7.70. The summed E-state index contributed by atoms with van der Waals surface area (Å²) in [6.07, 6.45) is 1.43. The molecule has 0 heterocycles. The number of carbonyl (C=O) groups is 1. The molecule has 36 heavy (non-hydrogen) atoms. The number of nitriles is 1. The molecular weight excluding hydrogens is 514 g/mol. The topological polar surface area (TPSA) is 79.2 Å². The molecule has 0 bridgehead atoms. The van der Waals surface area contributed by atoms with Crippen molar-refractivity contribution in [2.75, 3.05) is 11.7 Å². The Morgan fingerprint density at radius 1 is 0.917 bits per heavy atom. The van der Waals surface area contributed by atoms with Crippen molar-refractivity contribution in [2.24, 2.45) is 0 Å². The second-order valence-electron chi connectivity index (χ2n) is 7.52. The fourth-order valence-corrected chi connectivity index (χ4v) is 6.00. The van der Waals surface area contributed by atoms with Gasteiger partial charge >= 0.3 is 5.97 Å². The van der Waals surface area contributed by atoms with Crippen LogP contribution < -0.4 is 5.09 Å². The van der Waals surface area contributed by atoms with E-state index in [1.165, 1.54) is 17.7 Å². The van der Waals surface area contributed by atoms with E-state index in [1.807, 2.05) is 66.7 Å². The van der Waals surface area contributed by atoms with E-state index in [9.17, 15) is 14.6 Å². The summed E-state index contributed by atoms with van der Waals surface area (Å²) in [4.78, 5) is 11.9. The lowest BCUT2D eigenvalue weighted by atomic mass is 10.1. The summed E-state index contributed by atoms with van der Waals surface area (Å²) in [5.74, 6) is 2.25. The van der Waals surface area contributed by atoms with Crippen LogP contribution in [0.25, 0.3) is 16.1 Å². The first-order valence-electron chi connectivity index (χ1n) is 11.0. The lowest BCUT2D eigenvalue weighted by molar-refractivity contribution is -0.137. The van der Waals surface area contributed by atoms with Crippen molar-refractivity contribution in [1.82, 2.24) is 0 Å². The zero-order chi connectivity index (χ0) is 26.0. The highest BCUT2D eigenvalue weighted by atomic mass is 35.5. The second-order valence-corrected chi connectivity index (χ2v) is 10.5. The van der Waals surface area contributed by atoms with Gasteiger partial charge in [-0.15, -0.1) is 0 Å². The molecule has 0 aromatic heterocycles. The summed E-state index contributed by atoms with van der Waals surface area (Å²) in [5, 5.41) is 12.9. The Bertz CT molecular complexity index is 1320. The average molecular weight is 537 g/mol. The minimum Gasteiger partial charge on any atom is -0.462 e. The van der Waals surface area contributed by atoms with Gasteiger partial charge in [-0.2, -0.15) is 5.26 Å². The van der Waals surface area contributed by atoms with Gasteiger partial charge in [0.15, 0.2) is 0 Å². The quantitative estimate of drug-likeness (QED) is 0.129. The minimum absolute atomic E-state index is 0.113. The highest BCUT2D eigenvalue weighted by Gasteiger charge is 2.20. The number of benzene rings is 3. The number of ether oxygens (including phenoxy) is 1. The third kappa shape index (κ3) is 7.73. The number of nitrogens with zero attached hydrogens (tertiary/aromatic N) is 1. The summed E-state index contributed by atoms with van der Waals surface area (Å²) < 4.78 is 19.0. The molecule has 0 aliphatic heterocycles. The predicted octanol–water partition coefficient (Wildman–Crippen LogP) is 8.32. The number of nitrogens with one attached hydrogen (secondary N) is 1. The van der Waals surface area contributed by atoms with E-state index in [2.05, 4.69) is 5.09 Å². The largest absolute Gasteiger partial charge is 0.462 e. The van der Waals surface area contributed by atoms with Gasteiger partial charge in [0.2, 0.25) is 7.29 Å². The van der Waals surface area contributed by atoms with E-state index >= 15 is 0 Å². The SMILES string of the molecule is CCOC(=O)/C(C#N)=C/c1ccc(NP(=O)(C=C(Cl)c2ccccc2)/C=C(/Cl)c2ccccc2)cc1. The zero-order valence-electron chi connectivity index (χ0n) is 19.4. The van der Waals surface area contributed by atoms with Gasteiger partial charge in [-0.1, -0.05) is 96.0 Å². The van der Waals surface area contributed by atoms with Crippen LogP contribution >= 0.6 is 30.5 Å². The molecule has 1 atom stereocenters. The van der Waals surface area contributed by atoms with E-state index < -0.39 is 13.3 Å². The molecular formula is C28H23Cl2N2O3P. The Kier molecular flexibility index (Phi) is 9.73. The van der Waals surface area contributed by atoms with Crippen LogP contribution in [-0.2, 0) is 14.1 Å². The van der Waals surface area contributed by atoms with Crippen LogP contribution in [0.15, 0.2) is 102 Å². The minimum atomic E-state index is -3.44. The standard InChI is InChI=1S/C28H23Cl2N2O3P/c1-2-35-28(33)24(18-31)17-21-13-15-25(16-14-21)32-36(34,19-26(29)22-9-5-3-6-10-22)20-27(30)23-11-7-4-8-12-23/h3-17,19-20H,2H2,1H3,(H,32,34)/b24-17+,26-19+,27-20?. The number of halogens is 2. The first-order chi connectivity index (χ1) is 17.3. The fourth-order valence-electron chi connectivity index (χ4n) is 3.15. The van der Waals surface area contributed by atoms with Crippen molar-refractivity contribution in [3.05, 3.63) is 119 Å². The van der Waals surface area contributed by atoms with Gasteiger partial charge in [0, 0.05) is 17.3 Å². The molecule has 0 saturated heterocycles. The van der Waals surface area contributed by atoms with Crippen molar-refractivity contribution in [1.29, 1.82) is 5.26 Å². The smallest absolute Gasteiger partial charge is 0.348 e. The fraction of sp³-hybridized carbons (Fsp3) is 0.0714. The second kappa shape index (κ2) is 13.0. The van der Waals surface area contributed by atoms with Gasteiger partial charge in [-0.05, 0) is 41.8 Å².